The van der Waals surface area contributed by atoms with Crippen molar-refractivity contribution >= 4 is 0 Å². The second-order valence-corrected chi connectivity index (χ2v) is 3.48. The molecule has 1 N–H and O–H groups in total. The minimum absolute atomic E-state index is 0.506. The van der Waals surface area contributed by atoms with Crippen molar-refractivity contribution in [2.75, 3.05) is 6.54 Å². The van der Waals surface area contributed by atoms with E-state index in [9.17, 15) is 0 Å². The van der Waals surface area contributed by atoms with Crippen LogP contribution >= 0.6 is 0 Å². The van der Waals surface area contributed by atoms with Crippen LogP contribution in [-0.4, -0.2) is 16.1 Å². The first-order valence-corrected chi connectivity index (χ1v) is 4.50. The van der Waals surface area contributed by atoms with Gasteiger partial charge in [-0.05, 0) is 26.3 Å². The highest BCUT2D eigenvalue weighted by Crippen LogP contribution is 2.23. The van der Waals surface area contributed by atoms with Crippen molar-refractivity contribution in [2.24, 2.45) is 7.05 Å². The van der Waals surface area contributed by atoms with Gasteiger partial charge in [0.25, 0.3) is 0 Å². The molecule has 1 aliphatic rings. The molecule has 1 fully saturated rings. The van der Waals surface area contributed by atoms with Gasteiger partial charge in [0, 0.05) is 12.7 Å². The summed E-state index contributed by atoms with van der Waals surface area (Å²) in [5.74, 6) is 0. The van der Waals surface area contributed by atoms with Crippen LogP contribution in [0.15, 0.2) is 6.33 Å². The SMILES string of the molecule is Cc1c(C2CCCN2)ncn1C. The summed E-state index contributed by atoms with van der Waals surface area (Å²) in [4.78, 5) is 4.40. The minimum Gasteiger partial charge on any atom is -0.338 e. The van der Waals surface area contributed by atoms with Gasteiger partial charge in [-0.3, -0.25) is 0 Å². The highest BCUT2D eigenvalue weighted by atomic mass is 15.1. The van der Waals surface area contributed by atoms with Crippen LogP contribution in [0.25, 0.3) is 0 Å². The summed E-state index contributed by atoms with van der Waals surface area (Å²) in [6.07, 6.45) is 4.41. The standard InChI is InChI=1S/C9H15N3/c1-7-9(11-6-12(7)2)8-4-3-5-10-8/h6,8,10H,3-5H2,1-2H3. The van der Waals surface area contributed by atoms with Crippen LogP contribution in [0.5, 0.6) is 0 Å². The third kappa shape index (κ3) is 1.14. The van der Waals surface area contributed by atoms with Crippen molar-refractivity contribution in [1.29, 1.82) is 0 Å². The molecule has 3 heteroatoms. The lowest BCUT2D eigenvalue weighted by molar-refractivity contribution is 0.625. The number of imidazole rings is 1. The maximum absolute atomic E-state index is 4.40. The predicted molar refractivity (Wildman–Crippen MR) is 47.9 cm³/mol. The van der Waals surface area contributed by atoms with Crippen LogP contribution < -0.4 is 5.32 Å². The smallest absolute Gasteiger partial charge is 0.0949 e. The van der Waals surface area contributed by atoms with Crippen molar-refractivity contribution in [3.63, 3.8) is 0 Å². The first-order valence-electron chi connectivity index (χ1n) is 4.50. The first-order chi connectivity index (χ1) is 5.79. The quantitative estimate of drug-likeness (QED) is 0.676. The van der Waals surface area contributed by atoms with E-state index in [1.807, 2.05) is 13.4 Å². The van der Waals surface area contributed by atoms with Gasteiger partial charge in [0.15, 0.2) is 0 Å². The van der Waals surface area contributed by atoms with Crippen LogP contribution in [-0.2, 0) is 7.05 Å². The van der Waals surface area contributed by atoms with Crippen LogP contribution in [0.3, 0.4) is 0 Å². The van der Waals surface area contributed by atoms with E-state index in [1.165, 1.54) is 24.2 Å². The molecule has 1 aromatic heterocycles. The zero-order valence-corrected chi connectivity index (χ0v) is 7.67. The normalized spacial score (nSPS) is 23.3. The highest BCUT2D eigenvalue weighted by Gasteiger charge is 2.20. The number of rotatable bonds is 1. The van der Waals surface area contributed by atoms with Crippen molar-refractivity contribution in [1.82, 2.24) is 14.9 Å². The summed E-state index contributed by atoms with van der Waals surface area (Å²) >= 11 is 0. The van der Waals surface area contributed by atoms with E-state index in [0.717, 1.165) is 6.54 Å². The summed E-state index contributed by atoms with van der Waals surface area (Å²) in [5, 5.41) is 3.45. The van der Waals surface area contributed by atoms with Crippen molar-refractivity contribution in [2.45, 2.75) is 25.8 Å². The van der Waals surface area contributed by atoms with E-state index >= 15 is 0 Å². The molecule has 2 rings (SSSR count). The molecule has 0 aromatic carbocycles. The average Bonchev–Trinajstić information content (AvgIpc) is 2.64. The van der Waals surface area contributed by atoms with Crippen molar-refractivity contribution in [3.05, 3.63) is 17.7 Å². The Morgan fingerprint density at radius 3 is 3.00 bits per heavy atom. The fourth-order valence-electron chi connectivity index (χ4n) is 1.77. The van der Waals surface area contributed by atoms with Gasteiger partial charge in [-0.15, -0.1) is 0 Å². The van der Waals surface area contributed by atoms with Gasteiger partial charge in [0.2, 0.25) is 0 Å². The lowest BCUT2D eigenvalue weighted by Gasteiger charge is -2.07. The van der Waals surface area contributed by atoms with Gasteiger partial charge in [0.1, 0.15) is 0 Å². The third-order valence-electron chi connectivity index (χ3n) is 2.66. The maximum Gasteiger partial charge on any atom is 0.0949 e. The molecule has 3 nitrogen and oxygen atoms in total. The van der Waals surface area contributed by atoms with Gasteiger partial charge in [-0.1, -0.05) is 0 Å². The molecule has 0 amide bonds. The van der Waals surface area contributed by atoms with Crippen LogP contribution in [0.2, 0.25) is 0 Å². The summed E-state index contributed by atoms with van der Waals surface area (Å²) in [6.45, 7) is 3.27. The zero-order chi connectivity index (χ0) is 8.55. The fourth-order valence-corrected chi connectivity index (χ4v) is 1.77. The Labute approximate surface area is 72.8 Å². The zero-order valence-electron chi connectivity index (χ0n) is 7.67. The van der Waals surface area contributed by atoms with E-state index in [1.54, 1.807) is 0 Å². The van der Waals surface area contributed by atoms with Gasteiger partial charge < -0.3 is 9.88 Å². The molecule has 1 aliphatic heterocycles. The van der Waals surface area contributed by atoms with E-state index in [-0.39, 0.29) is 0 Å². The lowest BCUT2D eigenvalue weighted by Crippen LogP contribution is -2.14. The van der Waals surface area contributed by atoms with E-state index in [4.69, 9.17) is 0 Å². The number of aromatic nitrogens is 2. The largest absolute Gasteiger partial charge is 0.338 e. The molecule has 0 saturated carbocycles. The Bertz CT molecular complexity index is 271. The molecule has 1 atom stereocenters. The number of nitrogens with one attached hydrogen (secondary N) is 1. The van der Waals surface area contributed by atoms with E-state index in [2.05, 4.69) is 21.8 Å². The van der Waals surface area contributed by atoms with E-state index < -0.39 is 0 Å². The molecule has 0 spiro atoms. The molecule has 66 valence electrons. The Kier molecular flexibility index (Phi) is 1.89. The Morgan fingerprint density at radius 1 is 1.67 bits per heavy atom. The van der Waals surface area contributed by atoms with E-state index in [0.29, 0.717) is 6.04 Å². The van der Waals surface area contributed by atoms with Gasteiger partial charge >= 0.3 is 0 Å². The van der Waals surface area contributed by atoms with Crippen LogP contribution in [0.1, 0.15) is 30.3 Å². The molecule has 1 aromatic rings. The predicted octanol–water partition coefficient (Wildman–Crippen LogP) is 1.15. The summed E-state index contributed by atoms with van der Waals surface area (Å²) in [5.41, 5.74) is 2.52. The molecule has 1 saturated heterocycles. The molecule has 12 heavy (non-hydrogen) atoms. The second-order valence-electron chi connectivity index (χ2n) is 3.48. The van der Waals surface area contributed by atoms with Gasteiger partial charge in [0.05, 0.1) is 18.1 Å². The molecule has 1 unspecified atom stereocenters. The maximum atomic E-state index is 4.40. The number of hydrogen-bond acceptors (Lipinski definition) is 2. The molecular formula is C9H15N3. The molecule has 0 aliphatic carbocycles. The van der Waals surface area contributed by atoms with Crippen molar-refractivity contribution < 1.29 is 0 Å². The summed E-state index contributed by atoms with van der Waals surface area (Å²) in [7, 11) is 2.04. The fraction of sp³-hybridized carbons (Fsp3) is 0.667. The molecular weight excluding hydrogens is 150 g/mol. The molecule has 2 heterocycles. The Hall–Kier alpha value is -0.830. The number of aryl methyl sites for hydroxylation is 1. The third-order valence-corrected chi connectivity index (χ3v) is 2.66. The molecule has 0 bridgehead atoms. The Balaban J connectivity index is 2.26. The van der Waals surface area contributed by atoms with Crippen molar-refractivity contribution in [3.8, 4) is 0 Å². The number of hydrogen-bond donors (Lipinski definition) is 1. The van der Waals surface area contributed by atoms with Gasteiger partial charge in [-0.25, -0.2) is 4.98 Å². The van der Waals surface area contributed by atoms with Crippen LogP contribution in [0, 0.1) is 6.92 Å². The molecule has 0 radical (unpaired) electrons. The second kappa shape index (κ2) is 2.90. The first kappa shape index (κ1) is 7.80. The minimum atomic E-state index is 0.506. The van der Waals surface area contributed by atoms with Gasteiger partial charge in [-0.2, -0.15) is 0 Å². The summed E-state index contributed by atoms with van der Waals surface area (Å²) in [6, 6.07) is 0.506. The monoisotopic (exact) mass is 165 g/mol. The average molecular weight is 165 g/mol. The Morgan fingerprint density at radius 2 is 2.50 bits per heavy atom. The number of nitrogens with zero attached hydrogens (tertiary/aromatic N) is 2. The lowest BCUT2D eigenvalue weighted by atomic mass is 10.1. The highest BCUT2D eigenvalue weighted by molar-refractivity contribution is 5.16. The summed E-state index contributed by atoms with van der Waals surface area (Å²) < 4.78 is 2.08. The van der Waals surface area contributed by atoms with Crippen LogP contribution in [0.4, 0.5) is 0 Å². The topological polar surface area (TPSA) is 29.9 Å².